The predicted molar refractivity (Wildman–Crippen MR) is 110 cm³/mol. The van der Waals surface area contributed by atoms with Crippen molar-refractivity contribution in [3.05, 3.63) is 77.3 Å². The number of carbonyl (C=O) groups excluding carboxylic acids is 1. The minimum atomic E-state index is -0.229. The highest BCUT2D eigenvalue weighted by molar-refractivity contribution is 6.31. The Labute approximate surface area is 166 Å². The standard InChI is InChI=1S/C21H16ClN3O3/c1-27-18-5-3-2-4-16(18)24-20(26)13-6-9-15(10-7-13)23-21-25-17-11-8-14(22)12-19(17)28-21/h2-12H,1H3,(H,23,25)(H,24,26). The Morgan fingerprint density at radius 3 is 2.64 bits per heavy atom. The van der Waals surface area contributed by atoms with Crippen molar-refractivity contribution in [1.82, 2.24) is 4.98 Å². The third kappa shape index (κ3) is 3.77. The first kappa shape index (κ1) is 17.9. The molecule has 7 heteroatoms. The van der Waals surface area contributed by atoms with E-state index in [0.29, 0.717) is 39.1 Å². The van der Waals surface area contributed by atoms with Crippen molar-refractivity contribution in [1.29, 1.82) is 0 Å². The lowest BCUT2D eigenvalue weighted by Crippen LogP contribution is -2.12. The van der Waals surface area contributed by atoms with Gasteiger partial charge in [0.1, 0.15) is 11.3 Å². The van der Waals surface area contributed by atoms with Gasteiger partial charge in [0.05, 0.1) is 12.8 Å². The first-order valence-corrected chi connectivity index (χ1v) is 8.88. The number of methoxy groups -OCH3 is 1. The molecule has 4 aromatic rings. The quantitative estimate of drug-likeness (QED) is 0.469. The SMILES string of the molecule is COc1ccccc1NC(=O)c1ccc(Nc2nc3ccc(Cl)cc3o2)cc1. The molecule has 0 aliphatic heterocycles. The van der Waals surface area contributed by atoms with Gasteiger partial charge in [-0.25, -0.2) is 0 Å². The number of para-hydroxylation sites is 2. The van der Waals surface area contributed by atoms with E-state index in [2.05, 4.69) is 15.6 Å². The van der Waals surface area contributed by atoms with E-state index in [0.717, 1.165) is 5.69 Å². The van der Waals surface area contributed by atoms with Crippen LogP contribution in [0.25, 0.3) is 11.1 Å². The van der Waals surface area contributed by atoms with Gasteiger partial charge in [0.2, 0.25) is 0 Å². The Balaban J connectivity index is 1.47. The second-order valence-electron chi connectivity index (χ2n) is 5.99. The minimum Gasteiger partial charge on any atom is -0.495 e. The molecule has 0 aliphatic rings. The Bertz CT molecular complexity index is 1140. The summed E-state index contributed by atoms with van der Waals surface area (Å²) in [7, 11) is 1.56. The number of aromatic nitrogens is 1. The van der Waals surface area contributed by atoms with Gasteiger partial charge in [0.15, 0.2) is 5.58 Å². The second kappa shape index (κ2) is 7.62. The molecule has 6 nitrogen and oxygen atoms in total. The van der Waals surface area contributed by atoms with Crippen LogP contribution in [-0.4, -0.2) is 18.0 Å². The highest BCUT2D eigenvalue weighted by atomic mass is 35.5. The maximum atomic E-state index is 12.5. The van der Waals surface area contributed by atoms with Gasteiger partial charge in [0.25, 0.3) is 11.9 Å². The highest BCUT2D eigenvalue weighted by Gasteiger charge is 2.10. The third-order valence-corrected chi connectivity index (χ3v) is 4.34. The fourth-order valence-corrected chi connectivity index (χ4v) is 2.88. The minimum absolute atomic E-state index is 0.229. The summed E-state index contributed by atoms with van der Waals surface area (Å²) in [5.41, 5.74) is 3.18. The maximum Gasteiger partial charge on any atom is 0.300 e. The van der Waals surface area contributed by atoms with E-state index < -0.39 is 0 Å². The maximum absolute atomic E-state index is 12.5. The van der Waals surface area contributed by atoms with E-state index in [1.807, 2.05) is 12.1 Å². The molecule has 0 aliphatic carbocycles. The Kier molecular flexibility index (Phi) is 4.87. The summed E-state index contributed by atoms with van der Waals surface area (Å²) in [6.07, 6.45) is 0. The summed E-state index contributed by atoms with van der Waals surface area (Å²) < 4.78 is 10.9. The van der Waals surface area contributed by atoms with Gasteiger partial charge in [-0.1, -0.05) is 23.7 Å². The molecule has 2 N–H and O–H groups in total. The summed E-state index contributed by atoms with van der Waals surface area (Å²) in [5.74, 6) is 0.373. The van der Waals surface area contributed by atoms with E-state index in [-0.39, 0.29) is 5.91 Å². The molecular formula is C21H16ClN3O3. The van der Waals surface area contributed by atoms with Crippen molar-refractivity contribution >= 4 is 46.0 Å². The molecule has 0 saturated carbocycles. The average Bonchev–Trinajstić information content (AvgIpc) is 3.10. The zero-order chi connectivity index (χ0) is 19.5. The number of carbonyl (C=O) groups is 1. The zero-order valence-electron chi connectivity index (χ0n) is 14.9. The predicted octanol–water partition coefficient (Wildman–Crippen LogP) is 5.49. The summed E-state index contributed by atoms with van der Waals surface area (Å²) in [6, 6.07) is 19.8. The number of amides is 1. The van der Waals surface area contributed by atoms with Crippen molar-refractivity contribution in [3.63, 3.8) is 0 Å². The van der Waals surface area contributed by atoms with Crippen LogP contribution < -0.4 is 15.4 Å². The number of nitrogens with one attached hydrogen (secondary N) is 2. The van der Waals surface area contributed by atoms with Crippen LogP contribution in [0, 0.1) is 0 Å². The van der Waals surface area contributed by atoms with Crippen molar-refractivity contribution < 1.29 is 13.9 Å². The molecule has 1 aromatic heterocycles. The van der Waals surface area contributed by atoms with Gasteiger partial charge < -0.3 is 19.8 Å². The molecule has 0 spiro atoms. The van der Waals surface area contributed by atoms with Crippen LogP contribution in [0.1, 0.15) is 10.4 Å². The van der Waals surface area contributed by atoms with Crippen LogP contribution in [-0.2, 0) is 0 Å². The van der Waals surface area contributed by atoms with Gasteiger partial charge in [-0.3, -0.25) is 4.79 Å². The Morgan fingerprint density at radius 2 is 1.86 bits per heavy atom. The highest BCUT2D eigenvalue weighted by Crippen LogP contribution is 2.26. The molecule has 0 radical (unpaired) electrons. The normalized spacial score (nSPS) is 10.6. The smallest absolute Gasteiger partial charge is 0.300 e. The summed E-state index contributed by atoms with van der Waals surface area (Å²) >= 11 is 5.96. The van der Waals surface area contributed by atoms with Crippen molar-refractivity contribution in [2.75, 3.05) is 17.7 Å². The van der Waals surface area contributed by atoms with Crippen LogP contribution in [0.15, 0.2) is 71.1 Å². The fourth-order valence-electron chi connectivity index (χ4n) is 2.72. The zero-order valence-corrected chi connectivity index (χ0v) is 15.7. The molecule has 1 amide bonds. The lowest BCUT2D eigenvalue weighted by Gasteiger charge is -2.10. The first-order chi connectivity index (χ1) is 13.6. The van der Waals surface area contributed by atoms with E-state index in [1.165, 1.54) is 0 Å². The molecular weight excluding hydrogens is 378 g/mol. The number of fused-ring (bicyclic) bond motifs is 1. The summed E-state index contributed by atoms with van der Waals surface area (Å²) in [6.45, 7) is 0. The molecule has 0 saturated heterocycles. The van der Waals surface area contributed by atoms with Gasteiger partial charge in [-0.05, 0) is 48.5 Å². The third-order valence-electron chi connectivity index (χ3n) is 4.10. The molecule has 3 aromatic carbocycles. The molecule has 4 rings (SSSR count). The molecule has 0 unspecified atom stereocenters. The van der Waals surface area contributed by atoms with Crippen LogP contribution >= 0.6 is 11.6 Å². The van der Waals surface area contributed by atoms with E-state index in [9.17, 15) is 4.79 Å². The van der Waals surface area contributed by atoms with E-state index in [1.54, 1.807) is 61.7 Å². The first-order valence-electron chi connectivity index (χ1n) is 8.50. The molecule has 0 fully saturated rings. The number of hydrogen-bond acceptors (Lipinski definition) is 5. The van der Waals surface area contributed by atoms with Gasteiger partial charge >= 0.3 is 0 Å². The van der Waals surface area contributed by atoms with Gasteiger partial charge in [0, 0.05) is 22.3 Å². The molecule has 0 atom stereocenters. The Morgan fingerprint density at radius 1 is 1.07 bits per heavy atom. The Hall–Kier alpha value is -3.51. The summed E-state index contributed by atoms with van der Waals surface area (Å²) in [4.78, 5) is 16.8. The number of benzene rings is 3. The number of oxazole rings is 1. The number of hydrogen-bond donors (Lipinski definition) is 2. The average molecular weight is 394 g/mol. The molecule has 140 valence electrons. The van der Waals surface area contributed by atoms with Gasteiger partial charge in [-0.15, -0.1) is 0 Å². The van der Waals surface area contributed by atoms with E-state index >= 15 is 0 Å². The summed E-state index contributed by atoms with van der Waals surface area (Å²) in [5, 5.41) is 6.50. The topological polar surface area (TPSA) is 76.4 Å². The number of nitrogens with zero attached hydrogens (tertiary/aromatic N) is 1. The number of halogens is 1. The molecule has 0 bridgehead atoms. The van der Waals surface area contributed by atoms with Crippen LogP contribution in [0.5, 0.6) is 5.75 Å². The number of ether oxygens (including phenoxy) is 1. The largest absolute Gasteiger partial charge is 0.495 e. The number of rotatable bonds is 5. The van der Waals surface area contributed by atoms with Gasteiger partial charge in [-0.2, -0.15) is 4.98 Å². The lowest BCUT2D eigenvalue weighted by molar-refractivity contribution is 0.102. The molecule has 1 heterocycles. The second-order valence-corrected chi connectivity index (χ2v) is 6.42. The van der Waals surface area contributed by atoms with Crippen LogP contribution in [0.2, 0.25) is 5.02 Å². The van der Waals surface area contributed by atoms with Crippen molar-refractivity contribution in [2.45, 2.75) is 0 Å². The lowest BCUT2D eigenvalue weighted by atomic mass is 10.2. The number of anilines is 3. The van der Waals surface area contributed by atoms with Crippen molar-refractivity contribution in [3.8, 4) is 5.75 Å². The fraction of sp³-hybridized carbons (Fsp3) is 0.0476. The molecule has 28 heavy (non-hydrogen) atoms. The monoisotopic (exact) mass is 393 g/mol. The van der Waals surface area contributed by atoms with Crippen LogP contribution in [0.3, 0.4) is 0 Å². The van der Waals surface area contributed by atoms with Crippen molar-refractivity contribution in [2.24, 2.45) is 0 Å². The van der Waals surface area contributed by atoms with E-state index in [4.69, 9.17) is 20.8 Å². The van der Waals surface area contributed by atoms with Crippen LogP contribution in [0.4, 0.5) is 17.4 Å².